The minimum atomic E-state index is 0. The molecule has 1 heterocycles. The average Bonchev–Trinajstić information content (AvgIpc) is 2.69. The Morgan fingerprint density at radius 3 is 2.87 bits per heavy atom. The molecule has 0 bridgehead atoms. The molecule has 1 aromatic carbocycles. The standard InChI is InChI=1S/C11H14ClNO.ClH/c12-10-3-1-2-4-11(10)14-8-9-5-6-13-7-9;/h1-4,9,13H,5-8H2;1H. The Labute approximate surface area is 101 Å². The minimum absolute atomic E-state index is 0. The van der Waals surface area contributed by atoms with Gasteiger partial charge in [-0.05, 0) is 25.1 Å². The van der Waals surface area contributed by atoms with E-state index in [0.29, 0.717) is 10.9 Å². The fraction of sp³-hybridized carbons (Fsp3) is 0.455. The van der Waals surface area contributed by atoms with E-state index >= 15 is 0 Å². The van der Waals surface area contributed by atoms with E-state index in [1.165, 1.54) is 6.42 Å². The molecule has 2 rings (SSSR count). The molecule has 15 heavy (non-hydrogen) atoms. The summed E-state index contributed by atoms with van der Waals surface area (Å²) in [4.78, 5) is 0. The number of hydrogen-bond acceptors (Lipinski definition) is 2. The van der Waals surface area contributed by atoms with Gasteiger partial charge in [0.1, 0.15) is 5.75 Å². The molecule has 1 N–H and O–H groups in total. The van der Waals surface area contributed by atoms with Gasteiger partial charge in [-0.1, -0.05) is 23.7 Å². The van der Waals surface area contributed by atoms with Crippen LogP contribution in [0.4, 0.5) is 0 Å². The van der Waals surface area contributed by atoms with E-state index in [0.717, 1.165) is 25.4 Å². The van der Waals surface area contributed by atoms with Crippen LogP contribution in [0.15, 0.2) is 24.3 Å². The Kier molecular flexibility index (Phi) is 5.23. The largest absolute Gasteiger partial charge is 0.492 e. The number of rotatable bonds is 3. The first-order valence-electron chi connectivity index (χ1n) is 4.94. The van der Waals surface area contributed by atoms with Gasteiger partial charge in [0.05, 0.1) is 11.6 Å². The number of benzene rings is 1. The highest BCUT2D eigenvalue weighted by Crippen LogP contribution is 2.24. The monoisotopic (exact) mass is 247 g/mol. The normalized spacial score (nSPS) is 19.7. The van der Waals surface area contributed by atoms with Crippen LogP contribution >= 0.6 is 24.0 Å². The van der Waals surface area contributed by atoms with Crippen LogP contribution in [0.2, 0.25) is 5.02 Å². The van der Waals surface area contributed by atoms with Crippen LogP contribution in [0.3, 0.4) is 0 Å². The van der Waals surface area contributed by atoms with Crippen LogP contribution in [0.5, 0.6) is 5.75 Å². The van der Waals surface area contributed by atoms with E-state index < -0.39 is 0 Å². The van der Waals surface area contributed by atoms with Crippen molar-refractivity contribution in [3.63, 3.8) is 0 Å². The molecule has 0 spiro atoms. The molecule has 1 aromatic rings. The first-order valence-corrected chi connectivity index (χ1v) is 5.32. The van der Waals surface area contributed by atoms with Crippen LogP contribution in [-0.4, -0.2) is 19.7 Å². The predicted molar refractivity (Wildman–Crippen MR) is 65.2 cm³/mol. The van der Waals surface area contributed by atoms with Crippen molar-refractivity contribution in [2.45, 2.75) is 6.42 Å². The number of nitrogens with one attached hydrogen (secondary N) is 1. The van der Waals surface area contributed by atoms with Crippen molar-refractivity contribution < 1.29 is 4.74 Å². The highest BCUT2D eigenvalue weighted by atomic mass is 35.5. The number of para-hydroxylation sites is 1. The summed E-state index contributed by atoms with van der Waals surface area (Å²) in [6.45, 7) is 2.93. The highest BCUT2D eigenvalue weighted by molar-refractivity contribution is 6.32. The lowest BCUT2D eigenvalue weighted by molar-refractivity contribution is 0.260. The lowest BCUT2D eigenvalue weighted by Crippen LogP contribution is -2.15. The van der Waals surface area contributed by atoms with Crippen molar-refractivity contribution in [1.82, 2.24) is 5.32 Å². The summed E-state index contributed by atoms with van der Waals surface area (Å²) in [6, 6.07) is 7.61. The van der Waals surface area contributed by atoms with Crippen LogP contribution in [-0.2, 0) is 0 Å². The molecule has 0 radical (unpaired) electrons. The zero-order chi connectivity index (χ0) is 9.80. The fourth-order valence-corrected chi connectivity index (χ4v) is 1.82. The molecule has 1 aliphatic heterocycles. The van der Waals surface area contributed by atoms with Crippen molar-refractivity contribution in [3.05, 3.63) is 29.3 Å². The second kappa shape index (κ2) is 6.21. The van der Waals surface area contributed by atoms with Crippen molar-refractivity contribution in [2.75, 3.05) is 19.7 Å². The molecule has 1 saturated heterocycles. The predicted octanol–water partition coefficient (Wildman–Crippen LogP) is 2.75. The Morgan fingerprint density at radius 1 is 1.40 bits per heavy atom. The summed E-state index contributed by atoms with van der Waals surface area (Å²) in [6.07, 6.45) is 1.20. The van der Waals surface area contributed by atoms with E-state index in [2.05, 4.69) is 5.32 Å². The second-order valence-corrected chi connectivity index (χ2v) is 4.01. The van der Waals surface area contributed by atoms with E-state index in [1.807, 2.05) is 24.3 Å². The van der Waals surface area contributed by atoms with Gasteiger partial charge >= 0.3 is 0 Å². The van der Waals surface area contributed by atoms with E-state index in [9.17, 15) is 0 Å². The zero-order valence-corrected chi connectivity index (χ0v) is 9.98. The SMILES string of the molecule is Cl.Clc1ccccc1OCC1CCNC1. The molecule has 0 saturated carbocycles. The van der Waals surface area contributed by atoms with Gasteiger partial charge < -0.3 is 10.1 Å². The summed E-state index contributed by atoms with van der Waals surface area (Å²) < 4.78 is 5.65. The maximum atomic E-state index is 5.97. The average molecular weight is 248 g/mol. The van der Waals surface area contributed by atoms with E-state index in [-0.39, 0.29) is 12.4 Å². The topological polar surface area (TPSA) is 21.3 Å². The fourth-order valence-electron chi connectivity index (χ4n) is 1.63. The zero-order valence-electron chi connectivity index (χ0n) is 8.41. The maximum absolute atomic E-state index is 5.97. The molecule has 0 amide bonds. The Hall–Kier alpha value is -0.440. The van der Waals surface area contributed by atoms with E-state index in [1.54, 1.807) is 0 Å². The molecule has 1 aliphatic rings. The summed E-state index contributed by atoms with van der Waals surface area (Å²) >= 11 is 5.97. The van der Waals surface area contributed by atoms with Crippen LogP contribution in [0, 0.1) is 5.92 Å². The van der Waals surface area contributed by atoms with Crippen molar-refractivity contribution in [3.8, 4) is 5.75 Å². The summed E-state index contributed by atoms with van der Waals surface area (Å²) in [5.74, 6) is 1.42. The van der Waals surface area contributed by atoms with Gasteiger partial charge in [0.25, 0.3) is 0 Å². The second-order valence-electron chi connectivity index (χ2n) is 3.60. The number of hydrogen-bond donors (Lipinski definition) is 1. The Morgan fingerprint density at radius 2 is 2.20 bits per heavy atom. The first-order chi connectivity index (χ1) is 6.86. The first kappa shape index (κ1) is 12.6. The molecular formula is C11H15Cl2NO. The van der Waals surface area contributed by atoms with Gasteiger partial charge in [-0.15, -0.1) is 12.4 Å². The summed E-state index contributed by atoms with van der Waals surface area (Å²) in [5.41, 5.74) is 0. The lowest BCUT2D eigenvalue weighted by atomic mass is 10.1. The molecule has 1 fully saturated rings. The smallest absolute Gasteiger partial charge is 0.137 e. The summed E-state index contributed by atoms with van der Waals surface area (Å²) in [5, 5.41) is 4.00. The molecule has 0 aliphatic carbocycles. The quantitative estimate of drug-likeness (QED) is 0.888. The van der Waals surface area contributed by atoms with Gasteiger partial charge in [-0.2, -0.15) is 0 Å². The van der Waals surface area contributed by atoms with E-state index in [4.69, 9.17) is 16.3 Å². The molecule has 4 heteroatoms. The highest BCUT2D eigenvalue weighted by Gasteiger charge is 2.15. The van der Waals surface area contributed by atoms with Crippen molar-refractivity contribution >= 4 is 24.0 Å². The van der Waals surface area contributed by atoms with Crippen LogP contribution < -0.4 is 10.1 Å². The third-order valence-corrected chi connectivity index (χ3v) is 2.79. The molecular weight excluding hydrogens is 233 g/mol. The molecule has 84 valence electrons. The molecule has 1 unspecified atom stereocenters. The van der Waals surface area contributed by atoms with Crippen molar-refractivity contribution in [1.29, 1.82) is 0 Å². The van der Waals surface area contributed by atoms with Gasteiger partial charge in [-0.25, -0.2) is 0 Å². The van der Waals surface area contributed by atoms with Gasteiger partial charge in [0.2, 0.25) is 0 Å². The van der Waals surface area contributed by atoms with Crippen molar-refractivity contribution in [2.24, 2.45) is 5.92 Å². The van der Waals surface area contributed by atoms with Crippen LogP contribution in [0.25, 0.3) is 0 Å². The molecule has 1 atom stereocenters. The van der Waals surface area contributed by atoms with Gasteiger partial charge in [-0.3, -0.25) is 0 Å². The number of halogens is 2. The third kappa shape index (κ3) is 3.56. The molecule has 2 nitrogen and oxygen atoms in total. The minimum Gasteiger partial charge on any atom is -0.492 e. The Balaban J connectivity index is 0.00000112. The molecule has 0 aromatic heterocycles. The Bertz CT molecular complexity index is 300. The third-order valence-electron chi connectivity index (χ3n) is 2.47. The van der Waals surface area contributed by atoms with Crippen LogP contribution in [0.1, 0.15) is 6.42 Å². The lowest BCUT2D eigenvalue weighted by Gasteiger charge is -2.11. The van der Waals surface area contributed by atoms with Gasteiger partial charge in [0.15, 0.2) is 0 Å². The maximum Gasteiger partial charge on any atom is 0.137 e. The summed E-state index contributed by atoms with van der Waals surface area (Å²) in [7, 11) is 0. The van der Waals surface area contributed by atoms with Gasteiger partial charge in [0, 0.05) is 12.5 Å². The number of ether oxygens (including phenoxy) is 1.